The average Bonchev–Trinajstić information content (AvgIpc) is 2.15. The van der Waals surface area contributed by atoms with Crippen molar-refractivity contribution in [3.8, 4) is 0 Å². The lowest BCUT2D eigenvalue weighted by molar-refractivity contribution is 0.0375. The standard InChI is InChI=1S/C11H11BrO3/c1-7(2)15-11(14)10-8(6-13)4-3-5-9(10)12/h3-7H,1-2H3. The largest absolute Gasteiger partial charge is 0.459 e. The van der Waals surface area contributed by atoms with Crippen molar-refractivity contribution in [2.24, 2.45) is 0 Å². The van der Waals surface area contributed by atoms with E-state index in [2.05, 4.69) is 15.9 Å². The van der Waals surface area contributed by atoms with Gasteiger partial charge in [-0.25, -0.2) is 4.79 Å². The van der Waals surface area contributed by atoms with E-state index >= 15 is 0 Å². The van der Waals surface area contributed by atoms with Crippen LogP contribution in [-0.2, 0) is 4.74 Å². The van der Waals surface area contributed by atoms with Crippen LogP contribution in [0.4, 0.5) is 0 Å². The van der Waals surface area contributed by atoms with Crippen molar-refractivity contribution in [3.63, 3.8) is 0 Å². The van der Waals surface area contributed by atoms with Gasteiger partial charge < -0.3 is 4.74 Å². The third kappa shape index (κ3) is 2.89. The van der Waals surface area contributed by atoms with Crippen LogP contribution in [0.2, 0.25) is 0 Å². The van der Waals surface area contributed by atoms with E-state index in [1.54, 1.807) is 32.0 Å². The molecule has 0 radical (unpaired) electrons. The first-order valence-corrected chi connectivity index (χ1v) is 5.30. The van der Waals surface area contributed by atoms with Gasteiger partial charge in [0.05, 0.1) is 11.7 Å². The third-order valence-corrected chi connectivity index (χ3v) is 2.38. The summed E-state index contributed by atoms with van der Waals surface area (Å²) < 4.78 is 5.60. The van der Waals surface area contributed by atoms with Crippen LogP contribution in [0, 0.1) is 0 Å². The lowest BCUT2D eigenvalue weighted by Gasteiger charge is -2.10. The molecule has 15 heavy (non-hydrogen) atoms. The van der Waals surface area contributed by atoms with Crippen LogP contribution in [-0.4, -0.2) is 18.4 Å². The molecule has 0 aliphatic heterocycles. The number of ether oxygens (including phenoxy) is 1. The zero-order valence-corrected chi connectivity index (χ0v) is 10.1. The van der Waals surface area contributed by atoms with Gasteiger partial charge in [-0.05, 0) is 35.8 Å². The van der Waals surface area contributed by atoms with E-state index in [0.717, 1.165) is 0 Å². The number of carbonyl (C=O) groups excluding carboxylic acids is 2. The van der Waals surface area contributed by atoms with Crippen molar-refractivity contribution in [1.82, 2.24) is 0 Å². The third-order valence-electron chi connectivity index (χ3n) is 1.72. The van der Waals surface area contributed by atoms with Gasteiger partial charge in [-0.2, -0.15) is 0 Å². The molecular formula is C11H11BrO3. The second-order valence-electron chi connectivity index (χ2n) is 3.28. The van der Waals surface area contributed by atoms with Crippen LogP contribution in [0.5, 0.6) is 0 Å². The fourth-order valence-electron chi connectivity index (χ4n) is 1.13. The topological polar surface area (TPSA) is 43.4 Å². The SMILES string of the molecule is CC(C)OC(=O)c1c(Br)cccc1C=O. The smallest absolute Gasteiger partial charge is 0.340 e. The van der Waals surface area contributed by atoms with Gasteiger partial charge in [-0.3, -0.25) is 4.79 Å². The zero-order valence-electron chi connectivity index (χ0n) is 8.49. The summed E-state index contributed by atoms with van der Waals surface area (Å²) in [6.07, 6.45) is 0.436. The highest BCUT2D eigenvalue weighted by Gasteiger charge is 2.17. The lowest BCUT2D eigenvalue weighted by Crippen LogP contribution is -2.14. The Bertz CT molecular complexity index is 385. The number of carbonyl (C=O) groups is 2. The molecule has 1 aromatic rings. The minimum Gasteiger partial charge on any atom is -0.459 e. The molecule has 1 rings (SSSR count). The minimum absolute atomic E-state index is 0.205. The van der Waals surface area contributed by atoms with Gasteiger partial charge in [0.2, 0.25) is 0 Å². The van der Waals surface area contributed by atoms with Crippen LogP contribution < -0.4 is 0 Å². The average molecular weight is 271 g/mol. The van der Waals surface area contributed by atoms with Crippen LogP contribution in [0.15, 0.2) is 22.7 Å². The molecule has 1 aromatic carbocycles. The first kappa shape index (κ1) is 11.9. The molecule has 0 saturated heterocycles. The van der Waals surface area contributed by atoms with Crippen molar-refractivity contribution in [2.45, 2.75) is 20.0 Å². The quantitative estimate of drug-likeness (QED) is 0.627. The summed E-state index contributed by atoms with van der Waals surface area (Å²) in [4.78, 5) is 22.4. The second kappa shape index (κ2) is 5.07. The molecule has 0 fully saturated rings. The van der Waals surface area contributed by atoms with E-state index in [0.29, 0.717) is 16.3 Å². The van der Waals surface area contributed by atoms with Gasteiger partial charge in [-0.1, -0.05) is 12.1 Å². The zero-order chi connectivity index (χ0) is 11.4. The Labute approximate surface area is 96.6 Å². The Morgan fingerprint density at radius 2 is 2.13 bits per heavy atom. The molecule has 0 atom stereocenters. The van der Waals surface area contributed by atoms with E-state index in [1.165, 1.54) is 0 Å². The maximum Gasteiger partial charge on any atom is 0.340 e. The van der Waals surface area contributed by atoms with Crippen molar-refractivity contribution >= 4 is 28.2 Å². The molecule has 0 N–H and O–H groups in total. The second-order valence-corrected chi connectivity index (χ2v) is 4.13. The van der Waals surface area contributed by atoms with Crippen molar-refractivity contribution in [3.05, 3.63) is 33.8 Å². The maximum atomic E-state index is 11.6. The Morgan fingerprint density at radius 1 is 1.47 bits per heavy atom. The number of rotatable bonds is 3. The lowest BCUT2D eigenvalue weighted by atomic mass is 10.1. The predicted octanol–water partition coefficient (Wildman–Crippen LogP) is 2.83. The molecule has 0 amide bonds. The van der Waals surface area contributed by atoms with E-state index in [-0.39, 0.29) is 11.7 Å². The van der Waals surface area contributed by atoms with E-state index in [1.807, 2.05) is 0 Å². The van der Waals surface area contributed by atoms with Gasteiger partial charge in [0.15, 0.2) is 6.29 Å². The van der Waals surface area contributed by atoms with Gasteiger partial charge >= 0.3 is 5.97 Å². The summed E-state index contributed by atoms with van der Waals surface area (Å²) in [5, 5.41) is 0. The summed E-state index contributed by atoms with van der Waals surface area (Å²) >= 11 is 3.22. The van der Waals surface area contributed by atoms with Crippen LogP contribution in [0.1, 0.15) is 34.6 Å². The number of halogens is 1. The molecule has 3 nitrogen and oxygen atoms in total. The first-order chi connectivity index (χ1) is 7.06. The Morgan fingerprint density at radius 3 is 2.67 bits per heavy atom. The monoisotopic (exact) mass is 270 g/mol. The normalized spacial score (nSPS) is 10.1. The van der Waals surface area contributed by atoms with Crippen LogP contribution >= 0.6 is 15.9 Å². The van der Waals surface area contributed by atoms with Gasteiger partial charge in [0.1, 0.15) is 0 Å². The van der Waals surface area contributed by atoms with Crippen molar-refractivity contribution in [2.75, 3.05) is 0 Å². The first-order valence-electron chi connectivity index (χ1n) is 4.51. The molecule has 0 unspecified atom stereocenters. The molecule has 0 aliphatic rings. The fourth-order valence-corrected chi connectivity index (χ4v) is 1.67. The van der Waals surface area contributed by atoms with Gasteiger partial charge in [0.25, 0.3) is 0 Å². The van der Waals surface area contributed by atoms with E-state index in [9.17, 15) is 9.59 Å². The number of esters is 1. The summed E-state index contributed by atoms with van der Waals surface area (Å²) in [7, 11) is 0. The minimum atomic E-state index is -0.487. The summed E-state index contributed by atoms with van der Waals surface area (Å²) in [5.74, 6) is -0.487. The Kier molecular flexibility index (Phi) is 4.03. The maximum absolute atomic E-state index is 11.6. The predicted molar refractivity (Wildman–Crippen MR) is 60.1 cm³/mol. The number of benzene rings is 1. The number of hydrogen-bond acceptors (Lipinski definition) is 3. The molecule has 0 aromatic heterocycles. The molecule has 0 aliphatic carbocycles. The van der Waals surface area contributed by atoms with E-state index in [4.69, 9.17) is 4.74 Å². The van der Waals surface area contributed by atoms with Crippen molar-refractivity contribution in [1.29, 1.82) is 0 Å². The Balaban J connectivity index is 3.11. The molecule has 80 valence electrons. The highest BCUT2D eigenvalue weighted by atomic mass is 79.9. The molecule has 4 heteroatoms. The highest BCUT2D eigenvalue weighted by Crippen LogP contribution is 2.21. The van der Waals surface area contributed by atoms with E-state index < -0.39 is 5.97 Å². The van der Waals surface area contributed by atoms with Crippen LogP contribution in [0.25, 0.3) is 0 Å². The van der Waals surface area contributed by atoms with Gasteiger partial charge in [0, 0.05) is 10.0 Å². The van der Waals surface area contributed by atoms with Gasteiger partial charge in [-0.15, -0.1) is 0 Å². The molecule has 0 spiro atoms. The highest BCUT2D eigenvalue weighted by molar-refractivity contribution is 9.10. The summed E-state index contributed by atoms with van der Waals surface area (Å²) in [5.41, 5.74) is 0.608. The fraction of sp³-hybridized carbons (Fsp3) is 0.273. The summed E-state index contributed by atoms with van der Waals surface area (Å²) in [6, 6.07) is 4.97. The summed E-state index contributed by atoms with van der Waals surface area (Å²) in [6.45, 7) is 3.52. The molecule has 0 heterocycles. The van der Waals surface area contributed by atoms with Crippen LogP contribution in [0.3, 0.4) is 0 Å². The molecular weight excluding hydrogens is 260 g/mol. The number of hydrogen-bond donors (Lipinski definition) is 0. The Hall–Kier alpha value is -1.16. The number of aldehydes is 1. The molecule has 0 saturated carbocycles. The molecule has 0 bridgehead atoms. The van der Waals surface area contributed by atoms with Crippen molar-refractivity contribution < 1.29 is 14.3 Å².